The fourth-order valence-corrected chi connectivity index (χ4v) is 4.99. The number of nitrogens with one attached hydrogen (secondary N) is 1. The van der Waals surface area contributed by atoms with Gasteiger partial charge in [-0.05, 0) is 30.5 Å². The van der Waals surface area contributed by atoms with Gasteiger partial charge in [-0.15, -0.1) is 11.3 Å². The molecule has 1 N–H and O–H groups in total. The number of halogens is 4. The van der Waals surface area contributed by atoms with E-state index >= 15 is 0 Å². The number of carbonyl (C=O) groups excluding carboxylic acids is 2. The van der Waals surface area contributed by atoms with Gasteiger partial charge in [-0.25, -0.2) is 23.1 Å². The molecule has 188 valence electrons. The Balaban J connectivity index is 1.75. The molecule has 0 spiro atoms. The predicted molar refractivity (Wildman–Crippen MR) is 133 cm³/mol. The molecule has 0 bridgehead atoms. The van der Waals surface area contributed by atoms with Gasteiger partial charge in [0.25, 0.3) is 11.5 Å². The third-order valence-electron chi connectivity index (χ3n) is 6.31. The van der Waals surface area contributed by atoms with Crippen LogP contribution in [0.3, 0.4) is 0 Å². The van der Waals surface area contributed by atoms with E-state index in [0.29, 0.717) is 0 Å². The van der Waals surface area contributed by atoms with E-state index in [2.05, 4.69) is 20.3 Å². The van der Waals surface area contributed by atoms with Crippen LogP contribution < -0.4 is 10.2 Å². The molecule has 13 heteroatoms. The zero-order chi connectivity index (χ0) is 25.9. The molecule has 0 unspecified atom stereocenters. The molecule has 4 rings (SSSR count). The van der Waals surface area contributed by atoms with Gasteiger partial charge in [0, 0.05) is 48.7 Å². The first-order chi connectivity index (χ1) is 17.1. The summed E-state index contributed by atoms with van der Waals surface area (Å²) in [5.74, 6) is -4.64. The van der Waals surface area contributed by atoms with Gasteiger partial charge in [0.1, 0.15) is 11.8 Å². The quantitative estimate of drug-likeness (QED) is 0.369. The molecule has 1 aromatic carbocycles. The standard InChI is InChI=1S/C23H22BClF3N5O2S/c24-23(15-9-29-12-30-10-15,21(35)32-16-5-7-22(27,28)8-6-16)33(20(34)19(25)26)17-3-1-14(2-4-17)18-11-31-13-36-18/h1-4,9-13,16,19H,5-8,24H2,(H,32,35)/t19-,23+/m0/s1. The minimum absolute atomic E-state index is 0.0683. The highest BCUT2D eigenvalue weighted by Gasteiger charge is 2.48. The summed E-state index contributed by atoms with van der Waals surface area (Å²) in [7, 11) is 1.42. The second-order valence-electron chi connectivity index (χ2n) is 8.69. The molecular formula is C23H22BClF3N5O2S. The molecule has 1 saturated carbocycles. The van der Waals surface area contributed by atoms with E-state index < -0.39 is 34.8 Å². The molecule has 1 fully saturated rings. The van der Waals surface area contributed by atoms with Crippen molar-refractivity contribution in [3.8, 4) is 10.4 Å². The third kappa shape index (κ3) is 5.39. The molecule has 36 heavy (non-hydrogen) atoms. The normalized spacial score (nSPS) is 18.1. The van der Waals surface area contributed by atoms with Crippen LogP contribution in [0, 0.1) is 0 Å². The van der Waals surface area contributed by atoms with Crippen LogP contribution in [0.1, 0.15) is 31.2 Å². The molecule has 0 saturated heterocycles. The summed E-state index contributed by atoms with van der Waals surface area (Å²) in [6, 6.07) is 6.04. The second kappa shape index (κ2) is 10.6. The van der Waals surface area contributed by atoms with Crippen LogP contribution in [0.2, 0.25) is 0 Å². The van der Waals surface area contributed by atoms with E-state index in [-0.39, 0.29) is 36.9 Å². The van der Waals surface area contributed by atoms with Crippen LogP contribution in [-0.4, -0.2) is 52.2 Å². The van der Waals surface area contributed by atoms with Crippen molar-refractivity contribution in [3.05, 3.63) is 60.3 Å². The molecule has 7 nitrogen and oxygen atoms in total. The van der Waals surface area contributed by atoms with Crippen molar-refractivity contribution in [1.82, 2.24) is 20.3 Å². The number of hydrogen-bond acceptors (Lipinski definition) is 6. The average Bonchev–Trinajstić information content (AvgIpc) is 3.41. The summed E-state index contributed by atoms with van der Waals surface area (Å²) in [6.07, 6.45) is 5.03. The van der Waals surface area contributed by atoms with Gasteiger partial charge >= 0.3 is 0 Å². The summed E-state index contributed by atoms with van der Waals surface area (Å²) in [6.45, 7) is 0. The third-order valence-corrected chi connectivity index (χ3v) is 7.32. The highest BCUT2D eigenvalue weighted by molar-refractivity contribution is 7.13. The lowest BCUT2D eigenvalue weighted by Crippen LogP contribution is -2.62. The number of alkyl halides is 4. The smallest absolute Gasteiger partial charge is 0.277 e. The Morgan fingerprint density at radius 1 is 1.14 bits per heavy atom. The molecule has 2 aromatic heterocycles. The first-order valence-electron chi connectivity index (χ1n) is 11.2. The minimum Gasteiger partial charge on any atom is -0.352 e. The Morgan fingerprint density at radius 3 is 2.33 bits per heavy atom. The highest BCUT2D eigenvalue weighted by atomic mass is 35.5. The van der Waals surface area contributed by atoms with E-state index in [1.165, 1.54) is 37.9 Å². The van der Waals surface area contributed by atoms with Crippen molar-refractivity contribution in [2.75, 3.05) is 4.90 Å². The zero-order valence-corrected chi connectivity index (χ0v) is 20.8. The fraction of sp³-hybridized carbons (Fsp3) is 0.348. The molecule has 3 aromatic rings. The van der Waals surface area contributed by atoms with E-state index in [1.54, 1.807) is 36.0 Å². The molecule has 2 atom stereocenters. The second-order valence-corrected chi connectivity index (χ2v) is 9.96. The lowest BCUT2D eigenvalue weighted by molar-refractivity contribution is -0.130. The predicted octanol–water partition coefficient (Wildman–Crippen LogP) is 3.65. The first kappa shape index (κ1) is 26.1. The highest BCUT2D eigenvalue weighted by Crippen LogP contribution is 2.36. The van der Waals surface area contributed by atoms with Crippen molar-refractivity contribution >= 4 is 48.3 Å². The Labute approximate surface area is 215 Å². The monoisotopic (exact) mass is 535 g/mol. The van der Waals surface area contributed by atoms with Gasteiger partial charge in [0.2, 0.25) is 11.8 Å². The SMILES string of the molecule is B[C@](C(=O)NC1CCC(F)(F)CC1)(c1cncnc1)N(C(=O)[C@H](F)Cl)c1ccc(-c2cncs2)cc1. The molecule has 1 aliphatic rings. The number of anilines is 1. The number of thiazole rings is 1. The van der Waals surface area contributed by atoms with E-state index in [9.17, 15) is 22.8 Å². The topological polar surface area (TPSA) is 88.1 Å². The summed E-state index contributed by atoms with van der Waals surface area (Å²) < 4.78 is 41.6. The minimum atomic E-state index is -2.78. The Bertz CT molecular complexity index is 1190. The maximum atomic E-state index is 14.3. The molecular weight excluding hydrogens is 514 g/mol. The number of carbonyl (C=O) groups is 2. The molecule has 2 amide bonds. The van der Waals surface area contributed by atoms with Crippen molar-refractivity contribution < 1.29 is 22.8 Å². The number of rotatable bonds is 7. The van der Waals surface area contributed by atoms with Gasteiger partial charge in [0.05, 0.1) is 10.4 Å². The number of amides is 2. The van der Waals surface area contributed by atoms with Gasteiger partial charge < -0.3 is 5.32 Å². The summed E-state index contributed by atoms with van der Waals surface area (Å²) in [5.41, 5.74) is -1.40. The molecule has 2 heterocycles. The van der Waals surface area contributed by atoms with Crippen LogP contribution in [0.5, 0.6) is 0 Å². The lowest BCUT2D eigenvalue weighted by Gasteiger charge is -2.42. The number of nitrogens with zero attached hydrogens (tertiary/aromatic N) is 4. The maximum absolute atomic E-state index is 14.3. The van der Waals surface area contributed by atoms with Crippen LogP contribution in [-0.2, 0) is 15.0 Å². The van der Waals surface area contributed by atoms with Gasteiger partial charge in [-0.2, -0.15) is 0 Å². The molecule has 0 aliphatic heterocycles. The maximum Gasteiger partial charge on any atom is 0.277 e. The lowest BCUT2D eigenvalue weighted by atomic mass is 9.69. The van der Waals surface area contributed by atoms with Gasteiger partial charge in [0.15, 0.2) is 7.85 Å². The van der Waals surface area contributed by atoms with E-state index in [1.807, 2.05) is 0 Å². The van der Waals surface area contributed by atoms with Crippen molar-refractivity contribution in [2.45, 2.75) is 48.7 Å². The van der Waals surface area contributed by atoms with Crippen molar-refractivity contribution in [2.24, 2.45) is 0 Å². The first-order valence-corrected chi connectivity index (χ1v) is 12.5. The summed E-state index contributed by atoms with van der Waals surface area (Å²) >= 11 is 7.02. The Hall–Kier alpha value is -2.99. The van der Waals surface area contributed by atoms with Crippen LogP contribution in [0.25, 0.3) is 10.4 Å². The van der Waals surface area contributed by atoms with Crippen LogP contribution in [0.4, 0.5) is 18.9 Å². The number of hydrogen-bond donors (Lipinski definition) is 1. The van der Waals surface area contributed by atoms with Crippen molar-refractivity contribution in [1.29, 1.82) is 0 Å². The van der Waals surface area contributed by atoms with E-state index in [0.717, 1.165) is 15.3 Å². The fourth-order valence-electron chi connectivity index (χ4n) is 4.26. The number of aromatic nitrogens is 3. The van der Waals surface area contributed by atoms with Crippen LogP contribution >= 0.6 is 22.9 Å². The zero-order valence-electron chi connectivity index (χ0n) is 19.2. The van der Waals surface area contributed by atoms with Gasteiger partial charge in [-0.1, -0.05) is 23.7 Å². The van der Waals surface area contributed by atoms with Crippen LogP contribution in [0.15, 0.2) is 54.7 Å². The van der Waals surface area contributed by atoms with E-state index in [4.69, 9.17) is 11.6 Å². The molecule has 1 aliphatic carbocycles. The van der Waals surface area contributed by atoms with Gasteiger partial charge in [-0.3, -0.25) is 19.5 Å². The summed E-state index contributed by atoms with van der Waals surface area (Å²) in [4.78, 5) is 40.7. The molecule has 0 radical (unpaired) electrons. The largest absolute Gasteiger partial charge is 0.352 e. The number of benzene rings is 1. The Morgan fingerprint density at radius 2 is 1.78 bits per heavy atom. The summed E-state index contributed by atoms with van der Waals surface area (Å²) in [5, 5.41) is 2.78. The van der Waals surface area contributed by atoms with Crippen molar-refractivity contribution in [3.63, 3.8) is 0 Å². The Kier molecular flexibility index (Phi) is 7.65. The average molecular weight is 536 g/mol.